The van der Waals surface area contributed by atoms with E-state index in [0.717, 1.165) is 0 Å². The molecule has 0 amide bonds. The second-order valence-corrected chi connectivity index (χ2v) is 5.71. The van der Waals surface area contributed by atoms with E-state index in [1.807, 2.05) is 6.07 Å². The predicted octanol–water partition coefficient (Wildman–Crippen LogP) is 3.74. The fourth-order valence-electron chi connectivity index (χ4n) is 2.54. The van der Waals surface area contributed by atoms with Crippen molar-refractivity contribution in [1.82, 2.24) is 0 Å². The fourth-order valence-corrected chi connectivity index (χ4v) is 2.54. The zero-order valence-electron chi connectivity index (χ0n) is 14.9. The highest BCUT2D eigenvalue weighted by Gasteiger charge is 2.20. The molecule has 138 valence electrons. The van der Waals surface area contributed by atoms with Crippen LogP contribution in [0, 0.1) is 6.92 Å². The van der Waals surface area contributed by atoms with Gasteiger partial charge in [-0.15, -0.1) is 0 Å². The van der Waals surface area contributed by atoms with Crippen LogP contribution >= 0.6 is 0 Å². The smallest absolute Gasteiger partial charge is 0.308 e. The molecule has 0 N–H and O–H groups in total. The monoisotopic (exact) mass is 368 g/mol. The minimum absolute atomic E-state index is 0.0117. The number of para-hydroxylation sites is 1. The summed E-state index contributed by atoms with van der Waals surface area (Å²) in [6.45, 7) is 4.00. The van der Waals surface area contributed by atoms with Crippen LogP contribution in [0.5, 0.6) is 23.0 Å². The summed E-state index contributed by atoms with van der Waals surface area (Å²) in [4.78, 5) is 35.7. The second kappa shape index (κ2) is 7.33. The number of rotatable bonds is 4. The Morgan fingerprint density at radius 1 is 0.926 bits per heavy atom. The fraction of sp³-hybridized carbons (Fsp3) is 0.150. The molecule has 0 aliphatic heterocycles. The first-order chi connectivity index (χ1) is 12.8. The average molecular weight is 368 g/mol. The van der Waals surface area contributed by atoms with Crippen molar-refractivity contribution < 1.29 is 28.2 Å². The highest BCUT2D eigenvalue weighted by atomic mass is 16.5. The van der Waals surface area contributed by atoms with E-state index in [4.69, 9.17) is 18.6 Å². The molecule has 0 fully saturated rings. The van der Waals surface area contributed by atoms with Gasteiger partial charge in [0.2, 0.25) is 11.2 Å². The van der Waals surface area contributed by atoms with Crippen LogP contribution in [0.4, 0.5) is 0 Å². The van der Waals surface area contributed by atoms with Crippen molar-refractivity contribution >= 4 is 22.9 Å². The van der Waals surface area contributed by atoms with E-state index in [1.165, 1.54) is 26.0 Å². The second-order valence-electron chi connectivity index (χ2n) is 5.71. The van der Waals surface area contributed by atoms with E-state index in [-0.39, 0.29) is 34.0 Å². The maximum Gasteiger partial charge on any atom is 0.308 e. The molecule has 3 rings (SSSR count). The van der Waals surface area contributed by atoms with Crippen LogP contribution in [0.1, 0.15) is 19.6 Å². The number of esters is 2. The minimum Gasteiger partial charge on any atom is -0.457 e. The lowest BCUT2D eigenvalue weighted by molar-refractivity contribution is -0.132. The van der Waals surface area contributed by atoms with Crippen LogP contribution < -0.4 is 19.6 Å². The van der Waals surface area contributed by atoms with Gasteiger partial charge in [0, 0.05) is 26.0 Å². The minimum atomic E-state index is -0.637. The third-order valence-electron chi connectivity index (χ3n) is 3.53. The van der Waals surface area contributed by atoms with Crippen LogP contribution in [0.15, 0.2) is 51.7 Å². The van der Waals surface area contributed by atoms with Gasteiger partial charge in [-0.25, -0.2) is 0 Å². The normalized spacial score (nSPS) is 10.5. The molecule has 0 saturated heterocycles. The van der Waals surface area contributed by atoms with Gasteiger partial charge in [0.25, 0.3) is 0 Å². The van der Waals surface area contributed by atoms with Gasteiger partial charge >= 0.3 is 11.9 Å². The molecule has 2 aromatic carbocycles. The molecule has 0 atom stereocenters. The quantitative estimate of drug-likeness (QED) is 0.511. The Morgan fingerprint density at radius 2 is 1.59 bits per heavy atom. The summed E-state index contributed by atoms with van der Waals surface area (Å²) >= 11 is 0. The van der Waals surface area contributed by atoms with Crippen molar-refractivity contribution in [3.63, 3.8) is 0 Å². The van der Waals surface area contributed by atoms with Gasteiger partial charge in [-0.2, -0.15) is 0 Å². The Labute approximate surface area is 154 Å². The first-order valence-corrected chi connectivity index (χ1v) is 8.06. The van der Waals surface area contributed by atoms with E-state index in [0.29, 0.717) is 5.75 Å². The number of benzene rings is 2. The SMILES string of the molecule is CC(=O)Oc1cc(OC(C)=O)c2c(=O)c(Oc3ccccc3)c(C)oc2c1. The summed E-state index contributed by atoms with van der Waals surface area (Å²) in [5.41, 5.74) is -0.406. The maximum atomic E-state index is 13.0. The lowest BCUT2D eigenvalue weighted by Crippen LogP contribution is -2.11. The summed E-state index contributed by atoms with van der Waals surface area (Å²) in [5.74, 6) is -0.535. The first kappa shape index (κ1) is 18.2. The highest BCUT2D eigenvalue weighted by molar-refractivity contribution is 5.89. The van der Waals surface area contributed by atoms with E-state index in [1.54, 1.807) is 31.2 Å². The van der Waals surface area contributed by atoms with Crippen LogP contribution in [-0.2, 0) is 9.59 Å². The number of ether oxygens (including phenoxy) is 3. The number of carbonyl (C=O) groups is 2. The van der Waals surface area contributed by atoms with E-state index in [2.05, 4.69) is 0 Å². The average Bonchev–Trinajstić information content (AvgIpc) is 2.58. The number of aryl methyl sites for hydroxylation is 1. The molecule has 0 spiro atoms. The third kappa shape index (κ3) is 3.98. The molecule has 0 saturated carbocycles. The summed E-state index contributed by atoms with van der Waals surface area (Å²) in [6, 6.07) is 11.4. The zero-order valence-corrected chi connectivity index (χ0v) is 14.9. The summed E-state index contributed by atoms with van der Waals surface area (Å²) in [6.07, 6.45) is 0. The Morgan fingerprint density at radius 3 is 2.22 bits per heavy atom. The van der Waals surface area contributed by atoms with Crippen LogP contribution in [0.2, 0.25) is 0 Å². The van der Waals surface area contributed by atoms with E-state index >= 15 is 0 Å². The van der Waals surface area contributed by atoms with Crippen molar-refractivity contribution in [2.24, 2.45) is 0 Å². The molecular formula is C20H16O7. The van der Waals surface area contributed by atoms with Gasteiger partial charge in [-0.05, 0) is 19.1 Å². The van der Waals surface area contributed by atoms with Gasteiger partial charge in [0.15, 0.2) is 0 Å². The summed E-state index contributed by atoms with van der Waals surface area (Å²) < 4.78 is 21.5. The lowest BCUT2D eigenvalue weighted by Gasteiger charge is -2.12. The number of fused-ring (bicyclic) bond motifs is 1. The number of carbonyl (C=O) groups excluding carboxylic acids is 2. The Bertz CT molecular complexity index is 1080. The molecular weight excluding hydrogens is 352 g/mol. The van der Waals surface area contributed by atoms with Crippen LogP contribution in [-0.4, -0.2) is 11.9 Å². The first-order valence-electron chi connectivity index (χ1n) is 8.06. The largest absolute Gasteiger partial charge is 0.457 e. The standard InChI is InChI=1S/C20H16O7/c1-11-20(27-14-7-5-4-6-8-14)19(23)18-16(24-11)9-15(25-12(2)21)10-17(18)26-13(3)22/h4-10H,1-3H3. The van der Waals surface area contributed by atoms with Gasteiger partial charge in [-0.1, -0.05) is 18.2 Å². The van der Waals surface area contributed by atoms with Crippen molar-refractivity contribution in [2.45, 2.75) is 20.8 Å². The Kier molecular flexibility index (Phi) is 4.94. The molecule has 7 heteroatoms. The molecule has 3 aromatic rings. The molecule has 1 aromatic heterocycles. The number of hydrogen-bond acceptors (Lipinski definition) is 7. The zero-order chi connectivity index (χ0) is 19.6. The summed E-state index contributed by atoms with van der Waals surface area (Å²) in [5, 5.41) is 0.0117. The molecule has 0 radical (unpaired) electrons. The highest BCUT2D eigenvalue weighted by Crippen LogP contribution is 2.33. The molecule has 0 aliphatic carbocycles. The topological polar surface area (TPSA) is 92.0 Å². The molecule has 27 heavy (non-hydrogen) atoms. The van der Waals surface area contributed by atoms with E-state index in [9.17, 15) is 14.4 Å². The van der Waals surface area contributed by atoms with Crippen molar-refractivity contribution in [1.29, 1.82) is 0 Å². The Hall–Kier alpha value is -3.61. The lowest BCUT2D eigenvalue weighted by atomic mass is 10.1. The molecule has 7 nitrogen and oxygen atoms in total. The van der Waals surface area contributed by atoms with Crippen molar-refractivity contribution in [2.75, 3.05) is 0 Å². The maximum absolute atomic E-state index is 13.0. The van der Waals surface area contributed by atoms with E-state index < -0.39 is 17.4 Å². The van der Waals surface area contributed by atoms with Gasteiger partial charge in [-0.3, -0.25) is 14.4 Å². The molecule has 0 unspecified atom stereocenters. The molecule has 0 bridgehead atoms. The molecule has 1 heterocycles. The Balaban J connectivity index is 2.21. The van der Waals surface area contributed by atoms with Crippen LogP contribution in [0.3, 0.4) is 0 Å². The van der Waals surface area contributed by atoms with Gasteiger partial charge in [0.05, 0.1) is 0 Å². The van der Waals surface area contributed by atoms with Crippen molar-refractivity contribution in [3.8, 4) is 23.0 Å². The van der Waals surface area contributed by atoms with Gasteiger partial charge in [0.1, 0.15) is 34.0 Å². The molecule has 0 aliphatic rings. The summed E-state index contributed by atoms with van der Waals surface area (Å²) in [7, 11) is 0. The van der Waals surface area contributed by atoms with Crippen molar-refractivity contribution in [3.05, 3.63) is 58.4 Å². The number of hydrogen-bond donors (Lipinski definition) is 0. The third-order valence-corrected chi connectivity index (χ3v) is 3.53. The predicted molar refractivity (Wildman–Crippen MR) is 96.4 cm³/mol. The van der Waals surface area contributed by atoms with Crippen LogP contribution in [0.25, 0.3) is 11.0 Å². The van der Waals surface area contributed by atoms with Gasteiger partial charge < -0.3 is 18.6 Å².